The van der Waals surface area contributed by atoms with E-state index in [2.05, 4.69) is 54.9 Å². The predicted octanol–water partition coefficient (Wildman–Crippen LogP) is 5.60. The van der Waals surface area contributed by atoms with Crippen LogP contribution in [0.15, 0.2) is 60.9 Å². The number of benzene rings is 1. The number of esters is 2. The molecule has 226 valence electrons. The molecule has 1 aliphatic heterocycles. The number of nitrogens with one attached hydrogen (secondary N) is 2. The quantitative estimate of drug-likeness (QED) is 0.122. The Morgan fingerprint density at radius 1 is 1.09 bits per heavy atom. The average molecular weight is 604 g/mol. The number of unbranched alkanes of at least 4 members (excludes halogenated alkanes) is 1. The number of aromatic amines is 1. The minimum Gasteiger partial charge on any atom is -0.381 e. The highest BCUT2D eigenvalue weighted by atomic mass is 19.4. The summed E-state index contributed by atoms with van der Waals surface area (Å²) in [4.78, 5) is 49.1. The van der Waals surface area contributed by atoms with Gasteiger partial charge in [0.2, 0.25) is 0 Å². The maximum absolute atomic E-state index is 12.8. The van der Waals surface area contributed by atoms with Crippen molar-refractivity contribution in [3.05, 3.63) is 89.0 Å². The summed E-state index contributed by atoms with van der Waals surface area (Å²) in [6, 6.07) is 14.2. The normalized spacial score (nSPS) is 15.0. The third-order valence-electron chi connectivity index (χ3n) is 7.25. The van der Waals surface area contributed by atoms with Gasteiger partial charge in [-0.3, -0.25) is 9.69 Å². The Morgan fingerprint density at radius 2 is 1.89 bits per heavy atom. The molecule has 4 heterocycles. The molecule has 0 saturated carbocycles. The van der Waals surface area contributed by atoms with Gasteiger partial charge in [0.05, 0.1) is 5.52 Å². The van der Waals surface area contributed by atoms with Gasteiger partial charge in [0.1, 0.15) is 11.5 Å². The van der Waals surface area contributed by atoms with Crippen LogP contribution in [0.2, 0.25) is 0 Å². The zero-order valence-electron chi connectivity index (χ0n) is 23.7. The molecule has 0 spiro atoms. The van der Waals surface area contributed by atoms with Gasteiger partial charge < -0.3 is 15.0 Å². The first-order valence-corrected chi connectivity index (χ1v) is 13.9. The molecule has 1 saturated heterocycles. The van der Waals surface area contributed by atoms with Gasteiger partial charge in [-0.2, -0.15) is 13.2 Å². The highest BCUT2D eigenvalue weighted by Gasteiger charge is 2.42. The number of carbonyl (C=O) groups excluding carboxylic acids is 3. The molecule has 1 fully saturated rings. The number of fused-ring (bicyclic) bond motifs is 1. The zero-order valence-corrected chi connectivity index (χ0v) is 23.7. The summed E-state index contributed by atoms with van der Waals surface area (Å²) in [6.07, 6.45) is 2.02. The number of pyridine rings is 2. The first-order chi connectivity index (χ1) is 21.1. The number of hydrogen-bond acceptors (Lipinski definition) is 7. The highest BCUT2D eigenvalue weighted by Crippen LogP contribution is 2.32. The second kappa shape index (κ2) is 13.1. The van der Waals surface area contributed by atoms with Gasteiger partial charge >= 0.3 is 18.1 Å². The van der Waals surface area contributed by atoms with Gasteiger partial charge in [0, 0.05) is 53.1 Å². The Bertz CT molecular complexity index is 1740. The zero-order chi connectivity index (χ0) is 31.3. The fourth-order valence-corrected chi connectivity index (χ4v) is 4.94. The van der Waals surface area contributed by atoms with E-state index >= 15 is 0 Å². The van der Waals surface area contributed by atoms with E-state index in [4.69, 9.17) is 0 Å². The number of carbonyl (C=O) groups is 3. The van der Waals surface area contributed by atoms with E-state index in [9.17, 15) is 27.6 Å². The van der Waals surface area contributed by atoms with Crippen LogP contribution in [0.3, 0.4) is 0 Å². The maximum atomic E-state index is 12.8. The van der Waals surface area contributed by atoms with Crippen LogP contribution in [0, 0.1) is 11.8 Å². The second-order valence-electron chi connectivity index (χ2n) is 10.4. The van der Waals surface area contributed by atoms with Crippen LogP contribution in [-0.2, 0) is 16.0 Å². The lowest BCUT2D eigenvalue weighted by atomic mass is 10.1. The Kier molecular flexibility index (Phi) is 9.06. The van der Waals surface area contributed by atoms with Crippen LogP contribution in [0.4, 0.5) is 19.0 Å². The number of H-pyrrole nitrogens is 1. The van der Waals surface area contributed by atoms with Crippen molar-refractivity contribution in [2.75, 3.05) is 18.9 Å². The lowest BCUT2D eigenvalue weighted by Crippen LogP contribution is -2.28. The summed E-state index contributed by atoms with van der Waals surface area (Å²) in [7, 11) is 2.13. The minimum atomic E-state index is -5.27. The average Bonchev–Trinajstić information content (AvgIpc) is 3.62. The molecule has 12 heteroatoms. The number of nitrogens with zero attached hydrogens (tertiary/aromatic N) is 3. The van der Waals surface area contributed by atoms with Crippen LogP contribution in [-0.4, -0.2) is 57.5 Å². The van der Waals surface area contributed by atoms with Crippen molar-refractivity contribution >= 4 is 34.6 Å². The fraction of sp³-hybridized carbons (Fsp3) is 0.281. The van der Waals surface area contributed by atoms with Crippen molar-refractivity contribution in [1.29, 1.82) is 0 Å². The number of anilines is 1. The number of likely N-dealkylation sites (tertiary alicyclic amines) is 1. The number of aryl methyl sites for hydroxylation is 1. The molecule has 3 aromatic heterocycles. The largest absolute Gasteiger partial charge is 0.491 e. The number of alkyl halides is 3. The monoisotopic (exact) mass is 603 g/mol. The number of rotatable bonds is 7. The summed E-state index contributed by atoms with van der Waals surface area (Å²) >= 11 is 0. The van der Waals surface area contributed by atoms with Crippen molar-refractivity contribution in [3.8, 4) is 11.8 Å². The lowest BCUT2D eigenvalue weighted by Gasteiger charge is -2.17. The number of aromatic nitrogens is 3. The van der Waals surface area contributed by atoms with E-state index in [0.29, 0.717) is 29.4 Å². The van der Waals surface area contributed by atoms with Crippen molar-refractivity contribution in [2.24, 2.45) is 0 Å². The summed E-state index contributed by atoms with van der Waals surface area (Å²) in [5, 5.41) is 3.87. The maximum Gasteiger partial charge on any atom is 0.491 e. The Balaban J connectivity index is 1.08. The molecular weight excluding hydrogens is 575 g/mol. The Morgan fingerprint density at radius 3 is 2.57 bits per heavy atom. The molecule has 1 amide bonds. The molecule has 0 bridgehead atoms. The first-order valence-electron chi connectivity index (χ1n) is 13.9. The number of hydrogen-bond donors (Lipinski definition) is 2. The van der Waals surface area contributed by atoms with E-state index in [0.717, 1.165) is 54.0 Å². The van der Waals surface area contributed by atoms with E-state index in [1.807, 2.05) is 18.2 Å². The van der Waals surface area contributed by atoms with Gasteiger partial charge in [-0.15, -0.1) is 0 Å². The van der Waals surface area contributed by atoms with E-state index in [1.165, 1.54) is 18.7 Å². The van der Waals surface area contributed by atoms with Gasteiger partial charge in [0.25, 0.3) is 5.91 Å². The Hall–Kier alpha value is -5.02. The number of amides is 1. The van der Waals surface area contributed by atoms with Crippen molar-refractivity contribution in [3.63, 3.8) is 0 Å². The van der Waals surface area contributed by atoms with Crippen molar-refractivity contribution < 1.29 is 32.3 Å². The summed E-state index contributed by atoms with van der Waals surface area (Å²) in [5.74, 6) is 1.96. The third-order valence-corrected chi connectivity index (χ3v) is 7.25. The molecule has 9 nitrogen and oxygen atoms in total. The minimum absolute atomic E-state index is 0.253. The molecule has 0 radical (unpaired) electrons. The molecule has 1 atom stereocenters. The summed E-state index contributed by atoms with van der Waals surface area (Å²) in [6.45, 7) is 1.08. The number of halogens is 3. The van der Waals surface area contributed by atoms with Crippen molar-refractivity contribution in [2.45, 2.75) is 44.3 Å². The number of ether oxygens (including phenoxy) is 1. The van der Waals surface area contributed by atoms with Crippen molar-refractivity contribution in [1.82, 2.24) is 19.9 Å². The van der Waals surface area contributed by atoms with Crippen LogP contribution >= 0.6 is 0 Å². The molecule has 44 heavy (non-hydrogen) atoms. The Labute approximate surface area is 250 Å². The van der Waals surface area contributed by atoms with Crippen LogP contribution < -0.4 is 5.32 Å². The van der Waals surface area contributed by atoms with Crippen LogP contribution in [0.25, 0.3) is 10.9 Å². The molecule has 5 rings (SSSR count). The van der Waals surface area contributed by atoms with Crippen LogP contribution in [0.1, 0.15) is 69.4 Å². The molecule has 2 N–H and O–H groups in total. The second-order valence-corrected chi connectivity index (χ2v) is 10.4. The third kappa shape index (κ3) is 7.48. The van der Waals surface area contributed by atoms with Gasteiger partial charge in [-0.25, -0.2) is 19.6 Å². The predicted molar refractivity (Wildman–Crippen MR) is 156 cm³/mol. The smallest absolute Gasteiger partial charge is 0.381 e. The molecule has 0 aliphatic carbocycles. The molecule has 1 aliphatic rings. The summed E-state index contributed by atoms with van der Waals surface area (Å²) in [5.41, 5.74) is 3.65. The molecule has 4 aromatic rings. The SMILES string of the molecule is CN1CCC[C@@H]1c1cc2cnc(NC(=O)c3ccc(CCCC#Cc4ccc(C(=O)OC(=O)C(F)(F)F)nc4)cc3)cc2[nH]1. The highest BCUT2D eigenvalue weighted by molar-refractivity contribution is 6.04. The van der Waals surface area contributed by atoms with E-state index < -0.39 is 23.8 Å². The lowest BCUT2D eigenvalue weighted by molar-refractivity contribution is -0.193. The molecule has 0 unspecified atom stereocenters. The van der Waals surface area contributed by atoms with Crippen LogP contribution in [0.5, 0.6) is 0 Å². The summed E-state index contributed by atoms with van der Waals surface area (Å²) < 4.78 is 40.4. The topological polar surface area (TPSA) is 117 Å². The molecular formula is C32H28F3N5O4. The van der Waals surface area contributed by atoms with Gasteiger partial charge in [0.15, 0.2) is 0 Å². The molecule has 1 aromatic carbocycles. The fourth-order valence-electron chi connectivity index (χ4n) is 4.94. The standard InChI is InChI=1S/C32H28F3N5O4/c1-40-15-5-8-27(40)26-16-23-19-37-28(17-25(23)38-26)39-29(41)22-12-9-20(10-13-22)6-3-2-4-7-21-11-14-24(36-18-21)30(42)44-31(43)32(33,34)35/h9-14,16-19,27,38H,2-3,5-6,8,15H2,1H3,(H,37,39,41)/t27-/m1/s1. The van der Waals surface area contributed by atoms with E-state index in [1.54, 1.807) is 18.3 Å². The van der Waals surface area contributed by atoms with Gasteiger partial charge in [-0.1, -0.05) is 24.0 Å². The van der Waals surface area contributed by atoms with Gasteiger partial charge in [-0.05, 0) is 75.2 Å². The first kappa shape index (κ1) is 30.4. The van der Waals surface area contributed by atoms with E-state index in [-0.39, 0.29) is 5.91 Å².